The van der Waals surface area contributed by atoms with Crippen molar-refractivity contribution in [1.29, 1.82) is 0 Å². The summed E-state index contributed by atoms with van der Waals surface area (Å²) in [4.78, 5) is 0. The van der Waals surface area contributed by atoms with Gasteiger partial charge in [-0.15, -0.1) is 11.8 Å². The molecule has 2 nitrogen and oxygen atoms in total. The first-order chi connectivity index (χ1) is 6.79. The van der Waals surface area contributed by atoms with Crippen LogP contribution >= 0.6 is 11.8 Å². The number of hydrogen-bond acceptors (Lipinski definition) is 3. The predicted molar refractivity (Wildman–Crippen MR) is 58.5 cm³/mol. The normalized spacial score (nSPS) is 10.4. The molecule has 1 aromatic heterocycles. The molecular weight excluding hydrogens is 194 g/mol. The van der Waals surface area contributed by atoms with Crippen molar-refractivity contribution < 1.29 is 4.52 Å². The fourth-order valence-electron chi connectivity index (χ4n) is 1.21. The summed E-state index contributed by atoms with van der Waals surface area (Å²) in [5.74, 6) is 0.828. The van der Waals surface area contributed by atoms with Crippen molar-refractivity contribution in [3.63, 3.8) is 0 Å². The van der Waals surface area contributed by atoms with E-state index in [4.69, 9.17) is 4.52 Å². The Hall–Kier alpha value is -1.22. The van der Waals surface area contributed by atoms with Crippen LogP contribution in [0.15, 0.2) is 39.9 Å². The molecule has 72 valence electrons. The van der Waals surface area contributed by atoms with E-state index in [1.807, 2.05) is 24.5 Å². The Morgan fingerprint density at radius 2 is 1.93 bits per heavy atom. The molecule has 0 aliphatic rings. The van der Waals surface area contributed by atoms with Crippen LogP contribution in [0.25, 0.3) is 11.3 Å². The zero-order valence-electron chi connectivity index (χ0n) is 8.15. The van der Waals surface area contributed by atoms with E-state index in [2.05, 4.69) is 24.2 Å². The molecule has 0 unspecified atom stereocenters. The maximum atomic E-state index is 5.21. The van der Waals surface area contributed by atoms with Gasteiger partial charge in [-0.3, -0.25) is 0 Å². The fraction of sp³-hybridized carbons (Fsp3) is 0.182. The maximum Gasteiger partial charge on any atom is 0.168 e. The highest BCUT2D eigenvalue weighted by molar-refractivity contribution is 7.98. The summed E-state index contributed by atoms with van der Waals surface area (Å²) in [5.41, 5.74) is 2.32. The topological polar surface area (TPSA) is 26.0 Å². The van der Waals surface area contributed by atoms with Gasteiger partial charge in [0, 0.05) is 11.6 Å². The summed E-state index contributed by atoms with van der Waals surface area (Å²) < 4.78 is 5.21. The molecule has 2 aromatic rings. The van der Waals surface area contributed by atoms with Crippen molar-refractivity contribution in [2.75, 3.05) is 6.26 Å². The lowest BCUT2D eigenvalue weighted by atomic mass is 10.1. The van der Waals surface area contributed by atoms with Gasteiger partial charge >= 0.3 is 0 Å². The van der Waals surface area contributed by atoms with Gasteiger partial charge in [0.15, 0.2) is 5.76 Å². The third-order valence-corrected chi connectivity index (χ3v) is 2.64. The third kappa shape index (κ3) is 1.82. The Bertz CT molecular complexity index is 419. The number of aromatic nitrogens is 1. The Morgan fingerprint density at radius 1 is 1.21 bits per heavy atom. The fourth-order valence-corrected chi connectivity index (χ4v) is 1.55. The minimum Gasteiger partial charge on any atom is -0.355 e. The van der Waals surface area contributed by atoms with Gasteiger partial charge in [-0.25, -0.2) is 0 Å². The van der Waals surface area contributed by atoms with Crippen molar-refractivity contribution in [2.45, 2.75) is 11.9 Å². The van der Waals surface area contributed by atoms with E-state index in [0.29, 0.717) is 0 Å². The van der Waals surface area contributed by atoms with Crippen molar-refractivity contribution in [1.82, 2.24) is 5.16 Å². The van der Waals surface area contributed by atoms with E-state index in [-0.39, 0.29) is 0 Å². The Kier molecular flexibility index (Phi) is 2.59. The highest BCUT2D eigenvalue weighted by atomic mass is 32.2. The molecule has 1 aromatic carbocycles. The van der Waals surface area contributed by atoms with Gasteiger partial charge in [0.05, 0.1) is 0 Å². The standard InChI is InChI=1S/C11H11NOS/c1-8-3-5-9(6-4-8)10-7-11(14-2)12-13-10/h3-7H,1-2H3. The van der Waals surface area contributed by atoms with Gasteiger partial charge in [-0.05, 0) is 13.2 Å². The SMILES string of the molecule is CSc1cc(-c2ccc(C)cc2)on1. The van der Waals surface area contributed by atoms with Crippen LogP contribution in [0.3, 0.4) is 0 Å². The van der Waals surface area contributed by atoms with E-state index < -0.39 is 0 Å². The Labute approximate surface area is 87.3 Å². The summed E-state index contributed by atoms with van der Waals surface area (Å²) in [6.45, 7) is 2.07. The molecule has 0 radical (unpaired) electrons. The molecule has 0 amide bonds. The van der Waals surface area contributed by atoms with Crippen molar-refractivity contribution in [3.8, 4) is 11.3 Å². The van der Waals surface area contributed by atoms with Crippen LogP contribution in [0.4, 0.5) is 0 Å². The molecule has 0 N–H and O–H groups in total. The highest BCUT2D eigenvalue weighted by Gasteiger charge is 2.04. The van der Waals surface area contributed by atoms with Crippen LogP contribution in [0, 0.1) is 6.92 Å². The van der Waals surface area contributed by atoms with Gasteiger partial charge in [0.2, 0.25) is 0 Å². The summed E-state index contributed by atoms with van der Waals surface area (Å²) in [6, 6.07) is 10.2. The Balaban J connectivity index is 2.34. The Morgan fingerprint density at radius 3 is 2.50 bits per heavy atom. The molecule has 3 heteroatoms. The first-order valence-corrected chi connectivity index (χ1v) is 5.60. The van der Waals surface area contributed by atoms with Gasteiger partial charge in [-0.2, -0.15) is 0 Å². The molecular formula is C11H11NOS. The number of rotatable bonds is 2. The van der Waals surface area contributed by atoms with Crippen molar-refractivity contribution in [2.24, 2.45) is 0 Å². The van der Waals surface area contributed by atoms with Crippen molar-refractivity contribution in [3.05, 3.63) is 35.9 Å². The quantitative estimate of drug-likeness (QED) is 0.703. The highest BCUT2D eigenvalue weighted by Crippen LogP contribution is 2.24. The molecule has 1 heterocycles. The van der Waals surface area contributed by atoms with E-state index in [9.17, 15) is 0 Å². The number of nitrogens with zero attached hydrogens (tertiary/aromatic N) is 1. The summed E-state index contributed by atoms with van der Waals surface area (Å²) in [6.07, 6.45) is 1.98. The first-order valence-electron chi connectivity index (χ1n) is 4.37. The van der Waals surface area contributed by atoms with Gasteiger partial charge in [0.1, 0.15) is 5.03 Å². The van der Waals surface area contributed by atoms with Gasteiger partial charge in [-0.1, -0.05) is 35.0 Å². The number of benzene rings is 1. The molecule has 14 heavy (non-hydrogen) atoms. The molecule has 0 aliphatic carbocycles. The zero-order chi connectivity index (χ0) is 9.97. The smallest absolute Gasteiger partial charge is 0.168 e. The molecule has 0 fully saturated rings. The third-order valence-electron chi connectivity index (χ3n) is 2.03. The lowest BCUT2D eigenvalue weighted by molar-refractivity contribution is 0.415. The van der Waals surface area contributed by atoms with E-state index in [0.717, 1.165) is 16.3 Å². The minimum absolute atomic E-state index is 0.828. The number of hydrogen-bond donors (Lipinski definition) is 0. The second-order valence-corrected chi connectivity index (χ2v) is 3.93. The molecule has 0 saturated carbocycles. The van der Waals surface area contributed by atoms with Crippen LogP contribution in [0.5, 0.6) is 0 Å². The number of aryl methyl sites for hydroxylation is 1. The van der Waals surface area contributed by atoms with Crippen molar-refractivity contribution >= 4 is 11.8 Å². The molecule has 2 rings (SSSR count). The molecule has 0 bridgehead atoms. The van der Waals surface area contributed by atoms with Gasteiger partial charge < -0.3 is 4.52 Å². The average Bonchev–Trinajstić information content (AvgIpc) is 2.67. The van der Waals surface area contributed by atoms with Crippen LogP contribution in [-0.2, 0) is 0 Å². The molecule has 0 spiro atoms. The monoisotopic (exact) mass is 205 g/mol. The number of thioether (sulfide) groups is 1. The zero-order valence-corrected chi connectivity index (χ0v) is 8.97. The average molecular weight is 205 g/mol. The molecule has 0 atom stereocenters. The van der Waals surface area contributed by atoms with Crippen LogP contribution in [-0.4, -0.2) is 11.4 Å². The van der Waals surface area contributed by atoms with Crippen LogP contribution < -0.4 is 0 Å². The molecule has 0 aliphatic heterocycles. The summed E-state index contributed by atoms with van der Waals surface area (Å²) in [7, 11) is 0. The van der Waals surface area contributed by atoms with E-state index >= 15 is 0 Å². The van der Waals surface area contributed by atoms with E-state index in [1.54, 1.807) is 11.8 Å². The lowest BCUT2D eigenvalue weighted by Gasteiger charge is -1.94. The van der Waals surface area contributed by atoms with Gasteiger partial charge in [0.25, 0.3) is 0 Å². The van der Waals surface area contributed by atoms with Crippen LogP contribution in [0.2, 0.25) is 0 Å². The predicted octanol–water partition coefficient (Wildman–Crippen LogP) is 3.37. The maximum absolute atomic E-state index is 5.21. The minimum atomic E-state index is 0.828. The second kappa shape index (κ2) is 3.88. The second-order valence-electron chi connectivity index (χ2n) is 3.10. The first kappa shape index (κ1) is 9.34. The lowest BCUT2D eigenvalue weighted by Crippen LogP contribution is -1.74. The van der Waals surface area contributed by atoms with Crippen LogP contribution in [0.1, 0.15) is 5.56 Å². The molecule has 0 saturated heterocycles. The van der Waals surface area contributed by atoms with E-state index in [1.165, 1.54) is 5.56 Å². The largest absolute Gasteiger partial charge is 0.355 e. The summed E-state index contributed by atoms with van der Waals surface area (Å²) in [5, 5.41) is 4.84. The summed E-state index contributed by atoms with van der Waals surface area (Å²) >= 11 is 1.58.